The molecule has 1 N–H and O–H groups in total. The van der Waals surface area contributed by atoms with Crippen LogP contribution in [0.3, 0.4) is 0 Å². The zero-order valence-electron chi connectivity index (χ0n) is 14.3. The Hall–Kier alpha value is -2.30. The molecule has 0 spiro atoms. The highest BCUT2D eigenvalue weighted by atomic mass is 16.5. The van der Waals surface area contributed by atoms with Crippen LogP contribution in [-0.4, -0.2) is 29.1 Å². The molecule has 1 aliphatic rings. The van der Waals surface area contributed by atoms with Gasteiger partial charge in [-0.05, 0) is 37.3 Å². The lowest BCUT2D eigenvalue weighted by atomic mass is 9.81. The minimum atomic E-state index is -0.860. The normalized spacial score (nSPS) is 16.8. The minimum Gasteiger partial charge on any atom is -0.467 e. The van der Waals surface area contributed by atoms with E-state index < -0.39 is 5.54 Å². The highest BCUT2D eigenvalue weighted by molar-refractivity contribution is 5.89. The topological polar surface area (TPSA) is 60.3 Å². The van der Waals surface area contributed by atoms with Gasteiger partial charge in [0, 0.05) is 11.2 Å². The molecule has 1 fully saturated rings. The van der Waals surface area contributed by atoms with Gasteiger partial charge in [-0.2, -0.15) is 0 Å². The van der Waals surface area contributed by atoms with Crippen LogP contribution >= 0.6 is 0 Å². The number of fused-ring (bicyclic) bond motifs is 1. The number of aromatic nitrogens is 1. The van der Waals surface area contributed by atoms with Crippen molar-refractivity contribution >= 4 is 22.8 Å². The molecule has 1 heterocycles. The first-order valence-corrected chi connectivity index (χ1v) is 8.50. The van der Waals surface area contributed by atoms with Crippen LogP contribution in [0.5, 0.6) is 0 Å². The molecule has 1 aromatic heterocycles. The molecule has 3 rings (SSSR count). The van der Waals surface area contributed by atoms with E-state index in [1.54, 1.807) is 0 Å². The number of esters is 1. The van der Waals surface area contributed by atoms with Gasteiger partial charge in [0.25, 0.3) is 0 Å². The highest BCUT2D eigenvalue weighted by Crippen LogP contribution is 2.29. The Morgan fingerprint density at radius 1 is 1.21 bits per heavy atom. The molecule has 128 valence electrons. The molecule has 0 bridgehead atoms. The number of benzene rings is 1. The largest absolute Gasteiger partial charge is 0.467 e. The first-order chi connectivity index (χ1) is 11.6. The Labute approximate surface area is 142 Å². The summed E-state index contributed by atoms with van der Waals surface area (Å²) < 4.78 is 6.95. The van der Waals surface area contributed by atoms with E-state index in [-0.39, 0.29) is 18.4 Å². The Balaban J connectivity index is 1.81. The van der Waals surface area contributed by atoms with Gasteiger partial charge in [0.1, 0.15) is 12.1 Å². The van der Waals surface area contributed by atoms with Gasteiger partial charge in [0.15, 0.2) is 0 Å². The highest BCUT2D eigenvalue weighted by Gasteiger charge is 2.41. The average molecular weight is 328 g/mol. The van der Waals surface area contributed by atoms with E-state index in [9.17, 15) is 9.59 Å². The first-order valence-electron chi connectivity index (χ1n) is 8.50. The number of aryl methyl sites for hydroxylation is 1. The fraction of sp³-hybridized carbons (Fsp3) is 0.474. The molecule has 0 unspecified atom stereocenters. The summed E-state index contributed by atoms with van der Waals surface area (Å²) in [5.74, 6) is -0.476. The number of para-hydroxylation sites is 1. The van der Waals surface area contributed by atoms with E-state index in [4.69, 9.17) is 4.74 Å². The smallest absolute Gasteiger partial charge is 0.331 e. The van der Waals surface area contributed by atoms with Crippen LogP contribution in [0.1, 0.15) is 37.8 Å². The van der Waals surface area contributed by atoms with Crippen LogP contribution in [0, 0.1) is 6.92 Å². The Kier molecular flexibility index (Phi) is 4.60. The molecular formula is C19H24N2O3. The van der Waals surface area contributed by atoms with Crippen LogP contribution in [0.4, 0.5) is 0 Å². The van der Waals surface area contributed by atoms with Crippen molar-refractivity contribution in [1.82, 2.24) is 9.88 Å². The SMILES string of the molecule is COC(=O)C1(NC(=O)Cn2c(C)cc3ccccc32)CCCCC1. The lowest BCUT2D eigenvalue weighted by Gasteiger charge is -2.35. The number of amides is 1. The van der Waals surface area contributed by atoms with Crippen molar-refractivity contribution in [3.63, 3.8) is 0 Å². The standard InChI is InChI=1S/C19H24N2O3/c1-14-12-15-8-4-5-9-16(15)21(14)13-17(22)20-19(18(23)24-2)10-6-3-7-11-19/h4-5,8-9,12H,3,6-7,10-11,13H2,1-2H3,(H,20,22). The number of hydrogen-bond donors (Lipinski definition) is 1. The third-order valence-corrected chi connectivity index (χ3v) is 4.98. The second-order valence-electron chi connectivity index (χ2n) is 6.61. The quantitative estimate of drug-likeness (QED) is 0.878. The van der Waals surface area contributed by atoms with Crippen molar-refractivity contribution in [2.24, 2.45) is 0 Å². The summed E-state index contributed by atoms with van der Waals surface area (Å²) in [6.07, 6.45) is 4.26. The summed E-state index contributed by atoms with van der Waals surface area (Å²) in [6, 6.07) is 10.1. The Morgan fingerprint density at radius 3 is 2.62 bits per heavy atom. The predicted octanol–water partition coefficient (Wildman–Crippen LogP) is 2.94. The maximum atomic E-state index is 12.7. The van der Waals surface area contributed by atoms with Gasteiger partial charge in [0.2, 0.25) is 5.91 Å². The molecule has 24 heavy (non-hydrogen) atoms. The number of carbonyl (C=O) groups is 2. The van der Waals surface area contributed by atoms with Crippen molar-refractivity contribution < 1.29 is 14.3 Å². The number of ether oxygens (including phenoxy) is 1. The number of hydrogen-bond acceptors (Lipinski definition) is 3. The molecule has 2 aromatic rings. The lowest BCUT2D eigenvalue weighted by Crippen LogP contribution is -2.56. The molecule has 5 nitrogen and oxygen atoms in total. The number of rotatable bonds is 4. The molecule has 5 heteroatoms. The van der Waals surface area contributed by atoms with Crippen LogP contribution in [0.2, 0.25) is 0 Å². The van der Waals surface area contributed by atoms with Gasteiger partial charge in [0.05, 0.1) is 7.11 Å². The minimum absolute atomic E-state index is 0.147. The molecule has 0 radical (unpaired) electrons. The van der Waals surface area contributed by atoms with Crippen molar-refractivity contribution in [3.8, 4) is 0 Å². The van der Waals surface area contributed by atoms with Crippen LogP contribution in [0.15, 0.2) is 30.3 Å². The van der Waals surface area contributed by atoms with Crippen LogP contribution in [-0.2, 0) is 20.9 Å². The second-order valence-corrected chi connectivity index (χ2v) is 6.61. The average Bonchev–Trinajstić information content (AvgIpc) is 2.90. The fourth-order valence-corrected chi connectivity index (χ4v) is 3.74. The second kappa shape index (κ2) is 6.67. The summed E-state index contributed by atoms with van der Waals surface area (Å²) in [5, 5.41) is 4.09. The number of methoxy groups -OCH3 is 1. The Morgan fingerprint density at radius 2 is 1.92 bits per heavy atom. The summed E-state index contributed by atoms with van der Waals surface area (Å²) in [7, 11) is 1.38. The number of nitrogens with zero attached hydrogens (tertiary/aromatic N) is 1. The third kappa shape index (κ3) is 3.03. The molecule has 1 aromatic carbocycles. The third-order valence-electron chi connectivity index (χ3n) is 4.98. The van der Waals surface area contributed by atoms with Crippen molar-refractivity contribution in [2.45, 2.75) is 51.1 Å². The molecule has 0 atom stereocenters. The predicted molar refractivity (Wildman–Crippen MR) is 92.6 cm³/mol. The number of carbonyl (C=O) groups excluding carboxylic acids is 2. The van der Waals surface area contributed by atoms with Gasteiger partial charge in [-0.1, -0.05) is 37.5 Å². The van der Waals surface area contributed by atoms with Gasteiger partial charge < -0.3 is 14.6 Å². The van der Waals surface area contributed by atoms with E-state index in [0.29, 0.717) is 12.8 Å². The van der Waals surface area contributed by atoms with Gasteiger partial charge in [-0.25, -0.2) is 4.79 Å². The molecule has 1 saturated carbocycles. The van der Waals surface area contributed by atoms with E-state index in [1.807, 2.05) is 35.8 Å². The molecular weight excluding hydrogens is 304 g/mol. The van der Waals surface area contributed by atoms with E-state index in [1.165, 1.54) is 7.11 Å². The molecule has 0 saturated heterocycles. The van der Waals surface area contributed by atoms with Crippen LogP contribution < -0.4 is 5.32 Å². The lowest BCUT2D eigenvalue weighted by molar-refractivity contribution is -0.152. The Bertz CT molecular complexity index is 757. The first kappa shape index (κ1) is 16.6. The zero-order valence-corrected chi connectivity index (χ0v) is 14.3. The summed E-state index contributed by atoms with van der Waals surface area (Å²) in [6.45, 7) is 2.20. The van der Waals surface area contributed by atoms with Gasteiger partial charge in [-0.15, -0.1) is 0 Å². The zero-order chi connectivity index (χ0) is 17.2. The summed E-state index contributed by atoms with van der Waals surface area (Å²) in [5.41, 5.74) is 1.20. The molecule has 0 aliphatic heterocycles. The van der Waals surface area contributed by atoms with Gasteiger partial charge in [-0.3, -0.25) is 4.79 Å². The number of nitrogens with one attached hydrogen (secondary N) is 1. The monoisotopic (exact) mass is 328 g/mol. The molecule has 1 aliphatic carbocycles. The summed E-state index contributed by atoms with van der Waals surface area (Å²) >= 11 is 0. The fourth-order valence-electron chi connectivity index (χ4n) is 3.74. The van der Waals surface area contributed by atoms with Crippen molar-refractivity contribution in [3.05, 3.63) is 36.0 Å². The van der Waals surface area contributed by atoms with E-state index >= 15 is 0 Å². The maximum absolute atomic E-state index is 12.7. The van der Waals surface area contributed by atoms with Crippen LogP contribution in [0.25, 0.3) is 10.9 Å². The molecule has 1 amide bonds. The summed E-state index contributed by atoms with van der Waals surface area (Å²) in [4.78, 5) is 24.9. The van der Waals surface area contributed by atoms with Crippen molar-refractivity contribution in [1.29, 1.82) is 0 Å². The van der Waals surface area contributed by atoms with E-state index in [2.05, 4.69) is 11.4 Å². The van der Waals surface area contributed by atoms with E-state index in [0.717, 1.165) is 35.9 Å². The van der Waals surface area contributed by atoms with Gasteiger partial charge >= 0.3 is 5.97 Å². The van der Waals surface area contributed by atoms with Crippen molar-refractivity contribution in [2.75, 3.05) is 7.11 Å². The maximum Gasteiger partial charge on any atom is 0.331 e.